The normalized spacial score (nSPS) is 13.1. The standard InChI is InChI=1S/C20H23NO3/c1-14-7-10-19(23-2)18(11-14)21-20(22)13-24-17-9-8-15-5-3-4-6-16(15)12-17/h7-12H,3-6,13H2,1-2H3,(H,21,22). The summed E-state index contributed by atoms with van der Waals surface area (Å²) < 4.78 is 10.9. The van der Waals surface area contributed by atoms with E-state index in [1.807, 2.05) is 31.2 Å². The average molecular weight is 325 g/mol. The number of benzene rings is 2. The predicted octanol–water partition coefficient (Wildman–Crippen LogP) is 3.90. The number of carbonyl (C=O) groups excluding carboxylic acids is 1. The molecule has 126 valence electrons. The van der Waals surface area contributed by atoms with Crippen molar-refractivity contribution in [1.82, 2.24) is 0 Å². The Kier molecular flexibility index (Phi) is 5.04. The molecule has 0 radical (unpaired) electrons. The quantitative estimate of drug-likeness (QED) is 0.907. The van der Waals surface area contributed by atoms with Crippen LogP contribution in [0.4, 0.5) is 5.69 Å². The molecular formula is C20H23NO3. The SMILES string of the molecule is COc1ccc(C)cc1NC(=O)COc1ccc2c(c1)CCCC2. The number of fused-ring (bicyclic) bond motifs is 1. The fourth-order valence-corrected chi connectivity index (χ4v) is 3.05. The molecule has 2 aromatic rings. The third kappa shape index (κ3) is 3.88. The Bertz CT molecular complexity index is 740. The van der Waals surface area contributed by atoms with Gasteiger partial charge in [0.1, 0.15) is 11.5 Å². The lowest BCUT2D eigenvalue weighted by molar-refractivity contribution is -0.118. The molecule has 1 N–H and O–H groups in total. The second kappa shape index (κ2) is 7.39. The van der Waals surface area contributed by atoms with Crippen molar-refractivity contribution in [2.75, 3.05) is 19.0 Å². The van der Waals surface area contributed by atoms with E-state index in [9.17, 15) is 4.79 Å². The topological polar surface area (TPSA) is 47.6 Å². The van der Waals surface area contributed by atoms with Gasteiger partial charge in [-0.25, -0.2) is 0 Å². The Hall–Kier alpha value is -2.49. The first-order chi connectivity index (χ1) is 11.7. The van der Waals surface area contributed by atoms with Gasteiger partial charge in [-0.05, 0) is 73.6 Å². The fourth-order valence-electron chi connectivity index (χ4n) is 3.05. The van der Waals surface area contributed by atoms with Gasteiger partial charge in [-0.15, -0.1) is 0 Å². The number of amides is 1. The van der Waals surface area contributed by atoms with Crippen molar-refractivity contribution in [3.05, 3.63) is 53.1 Å². The summed E-state index contributed by atoms with van der Waals surface area (Å²) in [5.41, 5.74) is 4.47. The first-order valence-corrected chi connectivity index (χ1v) is 8.35. The molecule has 4 nitrogen and oxygen atoms in total. The molecule has 1 amide bonds. The third-order valence-corrected chi connectivity index (χ3v) is 4.32. The van der Waals surface area contributed by atoms with Gasteiger partial charge >= 0.3 is 0 Å². The second-order valence-corrected chi connectivity index (χ2v) is 6.18. The summed E-state index contributed by atoms with van der Waals surface area (Å²) in [7, 11) is 1.59. The molecule has 0 atom stereocenters. The van der Waals surface area contributed by atoms with E-state index in [-0.39, 0.29) is 12.5 Å². The number of ether oxygens (including phenoxy) is 2. The number of nitrogens with one attached hydrogen (secondary N) is 1. The molecule has 0 heterocycles. The molecule has 0 bridgehead atoms. The summed E-state index contributed by atoms with van der Waals surface area (Å²) in [6.07, 6.45) is 4.72. The lowest BCUT2D eigenvalue weighted by atomic mass is 9.92. The lowest BCUT2D eigenvalue weighted by Crippen LogP contribution is -2.20. The van der Waals surface area contributed by atoms with E-state index in [2.05, 4.69) is 17.4 Å². The minimum atomic E-state index is -0.198. The highest BCUT2D eigenvalue weighted by molar-refractivity contribution is 5.93. The van der Waals surface area contributed by atoms with Crippen molar-refractivity contribution in [3.63, 3.8) is 0 Å². The van der Waals surface area contributed by atoms with Gasteiger partial charge in [0.15, 0.2) is 6.61 Å². The fraction of sp³-hybridized carbons (Fsp3) is 0.350. The van der Waals surface area contributed by atoms with E-state index in [1.165, 1.54) is 24.0 Å². The number of hydrogen-bond donors (Lipinski definition) is 1. The number of carbonyl (C=O) groups is 1. The molecule has 2 aromatic carbocycles. The Morgan fingerprint density at radius 1 is 1.08 bits per heavy atom. The van der Waals surface area contributed by atoms with Gasteiger partial charge in [0.25, 0.3) is 5.91 Å². The Labute approximate surface area is 142 Å². The first kappa shape index (κ1) is 16.4. The van der Waals surface area contributed by atoms with Crippen molar-refractivity contribution in [2.24, 2.45) is 0 Å². The van der Waals surface area contributed by atoms with Crippen LogP contribution < -0.4 is 14.8 Å². The summed E-state index contributed by atoms with van der Waals surface area (Å²) in [5.74, 6) is 1.20. The molecule has 0 saturated heterocycles. The zero-order valence-electron chi connectivity index (χ0n) is 14.2. The van der Waals surface area contributed by atoms with Crippen LogP contribution in [0.2, 0.25) is 0 Å². The van der Waals surface area contributed by atoms with E-state index < -0.39 is 0 Å². The number of rotatable bonds is 5. The molecule has 24 heavy (non-hydrogen) atoms. The molecule has 3 rings (SSSR count). The van der Waals surface area contributed by atoms with Crippen LogP contribution in [0.25, 0.3) is 0 Å². The van der Waals surface area contributed by atoms with Crippen molar-refractivity contribution < 1.29 is 14.3 Å². The van der Waals surface area contributed by atoms with Gasteiger partial charge in [-0.2, -0.15) is 0 Å². The monoisotopic (exact) mass is 325 g/mol. The summed E-state index contributed by atoms with van der Waals surface area (Å²) in [6.45, 7) is 1.95. The van der Waals surface area contributed by atoms with E-state index in [0.29, 0.717) is 11.4 Å². The molecule has 0 spiro atoms. The maximum Gasteiger partial charge on any atom is 0.262 e. The van der Waals surface area contributed by atoms with Crippen molar-refractivity contribution in [1.29, 1.82) is 0 Å². The largest absolute Gasteiger partial charge is 0.495 e. The van der Waals surface area contributed by atoms with Crippen molar-refractivity contribution in [2.45, 2.75) is 32.6 Å². The van der Waals surface area contributed by atoms with Crippen LogP contribution in [0.1, 0.15) is 29.5 Å². The van der Waals surface area contributed by atoms with Crippen LogP contribution in [0.3, 0.4) is 0 Å². The molecule has 0 saturated carbocycles. The molecule has 0 aliphatic heterocycles. The van der Waals surface area contributed by atoms with Crippen molar-refractivity contribution in [3.8, 4) is 11.5 Å². The third-order valence-electron chi connectivity index (χ3n) is 4.32. The Morgan fingerprint density at radius 3 is 2.67 bits per heavy atom. The lowest BCUT2D eigenvalue weighted by Gasteiger charge is -2.17. The van der Waals surface area contributed by atoms with Crippen LogP contribution >= 0.6 is 0 Å². The van der Waals surface area contributed by atoms with Crippen LogP contribution in [-0.4, -0.2) is 19.6 Å². The molecule has 4 heteroatoms. The minimum Gasteiger partial charge on any atom is -0.495 e. The molecule has 0 unspecified atom stereocenters. The maximum atomic E-state index is 12.2. The molecule has 0 fully saturated rings. The Morgan fingerprint density at radius 2 is 1.88 bits per heavy atom. The Balaban J connectivity index is 1.61. The first-order valence-electron chi connectivity index (χ1n) is 8.35. The van der Waals surface area contributed by atoms with Gasteiger partial charge in [-0.3, -0.25) is 4.79 Å². The van der Waals surface area contributed by atoms with Gasteiger partial charge < -0.3 is 14.8 Å². The van der Waals surface area contributed by atoms with E-state index in [0.717, 1.165) is 24.2 Å². The van der Waals surface area contributed by atoms with Gasteiger partial charge in [0, 0.05) is 0 Å². The average Bonchev–Trinajstić information content (AvgIpc) is 2.60. The van der Waals surface area contributed by atoms with Crippen LogP contribution in [0, 0.1) is 6.92 Å². The van der Waals surface area contributed by atoms with Crippen LogP contribution in [0.15, 0.2) is 36.4 Å². The highest BCUT2D eigenvalue weighted by Gasteiger charge is 2.12. The number of methoxy groups -OCH3 is 1. The highest BCUT2D eigenvalue weighted by Crippen LogP contribution is 2.26. The van der Waals surface area contributed by atoms with E-state index >= 15 is 0 Å². The zero-order chi connectivity index (χ0) is 16.9. The van der Waals surface area contributed by atoms with E-state index in [4.69, 9.17) is 9.47 Å². The second-order valence-electron chi connectivity index (χ2n) is 6.18. The predicted molar refractivity (Wildman–Crippen MR) is 94.9 cm³/mol. The van der Waals surface area contributed by atoms with Crippen molar-refractivity contribution >= 4 is 11.6 Å². The minimum absolute atomic E-state index is 0.0180. The zero-order valence-corrected chi connectivity index (χ0v) is 14.2. The van der Waals surface area contributed by atoms with Crippen LogP contribution in [-0.2, 0) is 17.6 Å². The molecule has 1 aliphatic rings. The van der Waals surface area contributed by atoms with Gasteiger partial charge in [0.05, 0.1) is 12.8 Å². The smallest absolute Gasteiger partial charge is 0.262 e. The van der Waals surface area contributed by atoms with Gasteiger partial charge in [-0.1, -0.05) is 12.1 Å². The van der Waals surface area contributed by atoms with Crippen LogP contribution in [0.5, 0.6) is 11.5 Å². The number of anilines is 1. The maximum absolute atomic E-state index is 12.2. The summed E-state index contributed by atoms with van der Waals surface area (Å²) in [5, 5.41) is 2.85. The summed E-state index contributed by atoms with van der Waals surface area (Å²) in [4.78, 5) is 12.2. The van der Waals surface area contributed by atoms with E-state index in [1.54, 1.807) is 7.11 Å². The number of aryl methyl sites for hydroxylation is 3. The summed E-state index contributed by atoms with van der Waals surface area (Å²) in [6, 6.07) is 11.8. The molecular weight excluding hydrogens is 302 g/mol. The molecule has 1 aliphatic carbocycles. The summed E-state index contributed by atoms with van der Waals surface area (Å²) >= 11 is 0. The molecule has 0 aromatic heterocycles. The van der Waals surface area contributed by atoms with Gasteiger partial charge in [0.2, 0.25) is 0 Å². The number of hydrogen-bond acceptors (Lipinski definition) is 3. The highest BCUT2D eigenvalue weighted by atomic mass is 16.5.